The summed E-state index contributed by atoms with van der Waals surface area (Å²) in [6.45, 7) is 2.75. The van der Waals surface area contributed by atoms with Crippen LogP contribution in [0.2, 0.25) is 0 Å². The molecule has 0 saturated heterocycles. The van der Waals surface area contributed by atoms with Crippen LogP contribution < -0.4 is 5.32 Å². The van der Waals surface area contributed by atoms with Crippen LogP contribution in [0.3, 0.4) is 0 Å². The van der Waals surface area contributed by atoms with E-state index in [9.17, 15) is 9.59 Å². The van der Waals surface area contributed by atoms with Gasteiger partial charge in [0.15, 0.2) is 5.76 Å². The molecule has 0 aliphatic rings. The Morgan fingerprint density at radius 1 is 1.03 bits per heavy atom. The van der Waals surface area contributed by atoms with Crippen molar-refractivity contribution in [3.05, 3.63) is 45.5 Å². The molecular formula is C24H37N2O4S+. The van der Waals surface area contributed by atoms with Crippen molar-refractivity contribution in [1.82, 2.24) is 5.32 Å². The minimum atomic E-state index is -0.931. The van der Waals surface area contributed by atoms with Crippen LogP contribution in [0.25, 0.3) is 0 Å². The maximum atomic E-state index is 12.6. The van der Waals surface area contributed by atoms with E-state index in [1.807, 2.05) is 38.5 Å². The average Bonchev–Trinajstić information content (AvgIpc) is 3.31. The van der Waals surface area contributed by atoms with Crippen LogP contribution in [0, 0.1) is 0 Å². The van der Waals surface area contributed by atoms with Crippen LogP contribution in [-0.4, -0.2) is 55.2 Å². The van der Waals surface area contributed by atoms with Gasteiger partial charge in [-0.05, 0) is 43.5 Å². The van der Waals surface area contributed by atoms with E-state index in [0.29, 0.717) is 11.0 Å². The third-order valence-corrected chi connectivity index (χ3v) is 6.23. The first kappa shape index (κ1) is 25.1. The molecule has 31 heavy (non-hydrogen) atoms. The lowest BCUT2D eigenvalue weighted by Gasteiger charge is -2.28. The summed E-state index contributed by atoms with van der Waals surface area (Å²) in [6.07, 6.45) is 7.77. The topological polar surface area (TPSA) is 79.5 Å². The van der Waals surface area contributed by atoms with Gasteiger partial charge in [0.25, 0.3) is 5.91 Å². The number of carboxylic acids is 1. The molecule has 1 unspecified atom stereocenters. The number of amides is 1. The number of hydrogen-bond acceptors (Lipinski definition) is 4. The smallest absolute Gasteiger partial charge is 0.305 e. The van der Waals surface area contributed by atoms with Crippen molar-refractivity contribution in [3.8, 4) is 0 Å². The predicted molar refractivity (Wildman–Crippen MR) is 125 cm³/mol. The van der Waals surface area contributed by atoms with Crippen molar-refractivity contribution in [2.24, 2.45) is 0 Å². The molecule has 2 N–H and O–H groups in total. The standard InChI is InChI=1S/C24H36N2O4S/c1-5-6-7-8-9-20-13-14-21(31-20)12-10-19-11-15-22(30-19)24(29)25-18(16-23(27)28)17-26(2,3)4/h11,13-15,18H,5-10,12,16-17H2,1-4H3,(H-,25,27,28,29)/p+1. The number of unbranched alkanes of at least 4 members (excludes halogenated alkanes) is 3. The highest BCUT2D eigenvalue weighted by Gasteiger charge is 2.24. The highest BCUT2D eigenvalue weighted by Crippen LogP contribution is 2.21. The summed E-state index contributed by atoms with van der Waals surface area (Å²) >= 11 is 1.86. The first-order valence-corrected chi connectivity index (χ1v) is 12.0. The molecule has 0 radical (unpaired) electrons. The van der Waals surface area contributed by atoms with Crippen molar-refractivity contribution in [3.63, 3.8) is 0 Å². The van der Waals surface area contributed by atoms with Gasteiger partial charge in [-0.1, -0.05) is 26.2 Å². The average molecular weight is 450 g/mol. The first-order valence-electron chi connectivity index (χ1n) is 11.2. The van der Waals surface area contributed by atoms with Crippen LogP contribution in [0.4, 0.5) is 0 Å². The van der Waals surface area contributed by atoms with E-state index in [-0.39, 0.29) is 18.1 Å². The molecule has 7 heteroatoms. The van der Waals surface area contributed by atoms with Gasteiger partial charge >= 0.3 is 5.97 Å². The van der Waals surface area contributed by atoms with Gasteiger partial charge in [-0.15, -0.1) is 11.3 Å². The Morgan fingerprint density at radius 2 is 1.74 bits per heavy atom. The zero-order valence-corrected chi connectivity index (χ0v) is 20.1. The molecule has 1 amide bonds. The van der Waals surface area contributed by atoms with E-state index in [1.165, 1.54) is 35.4 Å². The van der Waals surface area contributed by atoms with Crippen molar-refractivity contribution in [2.45, 2.75) is 64.3 Å². The van der Waals surface area contributed by atoms with E-state index in [4.69, 9.17) is 9.52 Å². The number of furan rings is 1. The molecule has 2 aromatic heterocycles. The van der Waals surface area contributed by atoms with Crippen LogP contribution in [-0.2, 0) is 24.1 Å². The Morgan fingerprint density at radius 3 is 2.39 bits per heavy atom. The second kappa shape index (κ2) is 12.1. The van der Waals surface area contributed by atoms with E-state index >= 15 is 0 Å². The third-order valence-electron chi connectivity index (χ3n) is 5.02. The molecule has 2 rings (SSSR count). The summed E-state index contributed by atoms with van der Waals surface area (Å²) in [4.78, 5) is 26.5. The van der Waals surface area contributed by atoms with Crippen molar-refractivity contribution >= 4 is 23.2 Å². The number of nitrogens with zero attached hydrogens (tertiary/aromatic N) is 1. The number of thiophene rings is 1. The van der Waals surface area contributed by atoms with Crippen molar-refractivity contribution in [1.29, 1.82) is 0 Å². The van der Waals surface area contributed by atoms with Gasteiger partial charge < -0.3 is 19.3 Å². The Bertz CT molecular complexity index is 835. The molecule has 0 spiro atoms. The number of aliphatic carboxylic acids is 1. The summed E-state index contributed by atoms with van der Waals surface area (Å²) in [7, 11) is 5.90. The van der Waals surface area contributed by atoms with E-state index in [2.05, 4.69) is 24.4 Å². The van der Waals surface area contributed by atoms with Gasteiger partial charge in [0.2, 0.25) is 0 Å². The normalized spacial score (nSPS) is 12.6. The number of hydrogen-bond donors (Lipinski definition) is 2. The molecule has 0 saturated carbocycles. The minimum absolute atomic E-state index is 0.117. The van der Waals surface area contributed by atoms with Crippen LogP contribution in [0.15, 0.2) is 28.7 Å². The fourth-order valence-corrected chi connectivity index (χ4v) is 4.65. The highest BCUT2D eigenvalue weighted by molar-refractivity contribution is 7.11. The number of likely N-dealkylation sites (N-methyl/N-ethyl adjacent to an activating group) is 1. The number of nitrogens with one attached hydrogen (secondary N) is 1. The van der Waals surface area contributed by atoms with Gasteiger partial charge in [-0.2, -0.15) is 0 Å². The molecule has 0 fully saturated rings. The fourth-order valence-electron chi connectivity index (χ4n) is 3.59. The number of carbonyl (C=O) groups is 2. The van der Waals surface area contributed by atoms with E-state index in [0.717, 1.165) is 25.0 Å². The van der Waals surface area contributed by atoms with Gasteiger partial charge in [0, 0.05) is 16.2 Å². The summed E-state index contributed by atoms with van der Waals surface area (Å²) in [5.74, 6) is -0.296. The van der Waals surface area contributed by atoms with Gasteiger partial charge in [0.1, 0.15) is 5.76 Å². The van der Waals surface area contributed by atoms with Crippen LogP contribution in [0.5, 0.6) is 0 Å². The zero-order valence-electron chi connectivity index (χ0n) is 19.3. The molecule has 0 aliphatic carbocycles. The van der Waals surface area contributed by atoms with Crippen LogP contribution in [0.1, 0.15) is 65.1 Å². The molecule has 0 aromatic carbocycles. The Labute approximate surface area is 189 Å². The number of carbonyl (C=O) groups excluding carboxylic acids is 1. The van der Waals surface area contributed by atoms with Crippen LogP contribution >= 0.6 is 11.3 Å². The Kier molecular flexibility index (Phi) is 9.78. The third kappa shape index (κ3) is 9.70. The Balaban J connectivity index is 1.86. The second-order valence-electron chi connectivity index (χ2n) is 9.19. The van der Waals surface area contributed by atoms with Crippen molar-refractivity contribution in [2.75, 3.05) is 27.7 Å². The maximum Gasteiger partial charge on any atom is 0.305 e. The summed E-state index contributed by atoms with van der Waals surface area (Å²) < 4.78 is 6.30. The number of rotatable bonds is 14. The molecule has 2 aromatic rings. The Hall–Kier alpha value is -2.12. The predicted octanol–water partition coefficient (Wildman–Crippen LogP) is 4.53. The molecule has 1 atom stereocenters. The molecular weight excluding hydrogens is 412 g/mol. The fraction of sp³-hybridized carbons (Fsp3) is 0.583. The number of quaternary nitrogens is 1. The summed E-state index contributed by atoms with van der Waals surface area (Å²) in [5.41, 5.74) is 0. The second-order valence-corrected chi connectivity index (χ2v) is 10.4. The maximum absolute atomic E-state index is 12.6. The molecule has 2 heterocycles. The monoisotopic (exact) mass is 449 g/mol. The highest BCUT2D eigenvalue weighted by atomic mass is 32.1. The molecule has 0 bridgehead atoms. The van der Waals surface area contributed by atoms with Crippen molar-refractivity contribution < 1.29 is 23.6 Å². The lowest BCUT2D eigenvalue weighted by molar-refractivity contribution is -0.871. The minimum Gasteiger partial charge on any atom is -0.481 e. The van der Waals surface area contributed by atoms with Gasteiger partial charge in [-0.25, -0.2) is 0 Å². The van der Waals surface area contributed by atoms with E-state index in [1.54, 1.807) is 6.07 Å². The largest absolute Gasteiger partial charge is 0.481 e. The lowest BCUT2D eigenvalue weighted by atomic mass is 10.1. The number of carboxylic acid groups (broad SMARTS) is 1. The summed E-state index contributed by atoms with van der Waals surface area (Å²) in [5, 5.41) is 12.0. The van der Waals surface area contributed by atoms with Gasteiger partial charge in [0.05, 0.1) is 40.2 Å². The zero-order chi connectivity index (χ0) is 22.9. The quantitative estimate of drug-likeness (QED) is 0.328. The van der Waals surface area contributed by atoms with E-state index < -0.39 is 12.0 Å². The lowest BCUT2D eigenvalue weighted by Crippen LogP contribution is -2.49. The van der Waals surface area contributed by atoms with Gasteiger partial charge in [-0.3, -0.25) is 9.59 Å². The number of aryl methyl sites for hydroxylation is 3. The molecule has 0 aliphatic heterocycles. The SMILES string of the molecule is CCCCCCc1ccc(CCc2ccc(C(=O)NC(CC(=O)O)C[N+](C)(C)C)o2)s1. The molecule has 172 valence electrons. The molecule has 6 nitrogen and oxygen atoms in total. The first-order chi connectivity index (χ1) is 14.7. The summed E-state index contributed by atoms with van der Waals surface area (Å²) in [6, 6.07) is 7.46.